The predicted molar refractivity (Wildman–Crippen MR) is 98.5 cm³/mol. The van der Waals surface area contributed by atoms with Crippen LogP contribution in [0.5, 0.6) is 5.75 Å². The van der Waals surface area contributed by atoms with Crippen LogP contribution in [0.1, 0.15) is 20.8 Å². The number of hydrogen-bond donors (Lipinski definition) is 1. The molecule has 0 saturated heterocycles. The summed E-state index contributed by atoms with van der Waals surface area (Å²) >= 11 is 0. The van der Waals surface area contributed by atoms with Gasteiger partial charge in [-0.2, -0.15) is 0 Å². The number of aromatic nitrogens is 2. The second-order valence-electron chi connectivity index (χ2n) is 7.08. The maximum atomic E-state index is 9.82. The van der Waals surface area contributed by atoms with E-state index >= 15 is 0 Å². The van der Waals surface area contributed by atoms with Gasteiger partial charge in [-0.3, -0.25) is 0 Å². The lowest BCUT2D eigenvalue weighted by Gasteiger charge is -2.15. The Labute approximate surface area is 150 Å². The molecule has 0 aliphatic rings. The van der Waals surface area contributed by atoms with Crippen LogP contribution in [0.2, 0.25) is 0 Å². The number of aromatic hydroxyl groups is 1. The highest BCUT2D eigenvalue weighted by Crippen LogP contribution is 2.23. The van der Waals surface area contributed by atoms with Crippen LogP contribution in [-0.4, -0.2) is 20.1 Å². The van der Waals surface area contributed by atoms with Gasteiger partial charge >= 0.3 is 0 Å². The molecule has 0 spiro atoms. The molecular weight excluding hydrogens is 330 g/mol. The second kappa shape index (κ2) is 5.91. The zero-order valence-corrected chi connectivity index (χ0v) is 14.8. The van der Waals surface area contributed by atoms with Gasteiger partial charge < -0.3 is 18.8 Å². The first kappa shape index (κ1) is 16.2. The molecule has 0 fully saturated rings. The Morgan fingerprint density at radius 1 is 1.19 bits per heavy atom. The summed E-state index contributed by atoms with van der Waals surface area (Å²) in [5, 5.41) is 15.3. The fourth-order valence-corrected chi connectivity index (χ4v) is 2.61. The number of phenolic OH excluding ortho intramolecular Hbond substituents is 1. The highest BCUT2D eigenvalue weighted by atomic mass is 16.6. The van der Waals surface area contributed by atoms with Crippen LogP contribution >= 0.6 is 0 Å². The molecule has 4 aromatic rings. The summed E-state index contributed by atoms with van der Waals surface area (Å²) in [7, 11) is 0. The first-order chi connectivity index (χ1) is 12.4. The summed E-state index contributed by atoms with van der Waals surface area (Å²) in [6, 6.07) is 10.6. The van der Waals surface area contributed by atoms with Crippen LogP contribution < -0.4 is 5.36 Å². The van der Waals surface area contributed by atoms with Crippen LogP contribution in [0, 0.1) is 0 Å². The summed E-state index contributed by atoms with van der Waals surface area (Å²) in [5.41, 5.74) is 1.83. The highest BCUT2D eigenvalue weighted by Gasteiger charge is 2.12. The minimum Gasteiger partial charge on any atom is -0.508 e. The molecule has 4 rings (SSSR count). The number of nitrogens with zero attached hydrogens (tertiary/aromatic N) is 3. The van der Waals surface area contributed by atoms with Gasteiger partial charge in [0.15, 0.2) is 5.76 Å². The van der Waals surface area contributed by atoms with Gasteiger partial charge in [0, 0.05) is 18.5 Å². The molecule has 3 aromatic heterocycles. The first-order valence-corrected chi connectivity index (χ1v) is 8.31. The Hall–Kier alpha value is -3.28. The van der Waals surface area contributed by atoms with E-state index in [1.807, 2.05) is 49.7 Å². The number of phenols is 1. The SMILES string of the molecule is CC(C)(C)ON=c1cc(-c2cn3cccc3cn2)oc2ccc(O)cc12. The molecule has 1 aromatic carbocycles. The average Bonchev–Trinajstić information content (AvgIpc) is 3.06. The van der Waals surface area contributed by atoms with E-state index in [-0.39, 0.29) is 5.75 Å². The lowest BCUT2D eigenvalue weighted by Crippen LogP contribution is -2.18. The van der Waals surface area contributed by atoms with Gasteiger partial charge in [0.2, 0.25) is 0 Å². The van der Waals surface area contributed by atoms with Crippen molar-refractivity contribution in [2.75, 3.05) is 0 Å². The van der Waals surface area contributed by atoms with E-state index in [1.54, 1.807) is 30.5 Å². The van der Waals surface area contributed by atoms with E-state index in [4.69, 9.17) is 9.25 Å². The molecule has 0 bridgehead atoms. The van der Waals surface area contributed by atoms with Crippen molar-refractivity contribution in [1.82, 2.24) is 9.38 Å². The Balaban J connectivity index is 1.94. The number of benzene rings is 1. The van der Waals surface area contributed by atoms with Crippen LogP contribution in [0.3, 0.4) is 0 Å². The molecule has 0 atom stereocenters. The van der Waals surface area contributed by atoms with Crippen LogP contribution in [0.4, 0.5) is 0 Å². The third kappa shape index (κ3) is 3.13. The van der Waals surface area contributed by atoms with Gasteiger partial charge in [-0.25, -0.2) is 4.98 Å². The third-order valence-electron chi connectivity index (χ3n) is 3.81. The van der Waals surface area contributed by atoms with E-state index in [9.17, 15) is 5.11 Å². The largest absolute Gasteiger partial charge is 0.508 e. The second-order valence-corrected chi connectivity index (χ2v) is 7.08. The molecule has 0 saturated carbocycles. The molecule has 1 N–H and O–H groups in total. The van der Waals surface area contributed by atoms with Crippen LogP contribution in [0.15, 0.2) is 64.6 Å². The van der Waals surface area contributed by atoms with Crippen LogP contribution in [-0.2, 0) is 4.84 Å². The summed E-state index contributed by atoms with van der Waals surface area (Å²) in [4.78, 5) is 10.1. The third-order valence-corrected chi connectivity index (χ3v) is 3.81. The number of hydrogen-bond acceptors (Lipinski definition) is 5. The van der Waals surface area contributed by atoms with E-state index in [1.165, 1.54) is 0 Å². The van der Waals surface area contributed by atoms with E-state index in [0.29, 0.717) is 27.8 Å². The summed E-state index contributed by atoms with van der Waals surface area (Å²) < 4.78 is 7.97. The first-order valence-electron chi connectivity index (χ1n) is 8.31. The molecule has 132 valence electrons. The number of rotatable bonds is 2. The lowest BCUT2D eigenvalue weighted by molar-refractivity contribution is -0.00585. The quantitative estimate of drug-likeness (QED) is 0.553. The van der Waals surface area contributed by atoms with E-state index in [0.717, 1.165) is 5.52 Å². The minimum atomic E-state index is -0.432. The Morgan fingerprint density at radius 2 is 2.04 bits per heavy atom. The van der Waals surface area contributed by atoms with E-state index in [2.05, 4.69) is 10.1 Å². The van der Waals surface area contributed by atoms with Crippen molar-refractivity contribution in [3.63, 3.8) is 0 Å². The molecule has 26 heavy (non-hydrogen) atoms. The normalized spacial score (nSPS) is 12.8. The molecule has 3 heterocycles. The fourth-order valence-electron chi connectivity index (χ4n) is 2.61. The highest BCUT2D eigenvalue weighted by molar-refractivity contribution is 5.79. The molecule has 6 heteroatoms. The number of fused-ring (bicyclic) bond motifs is 2. The van der Waals surface area contributed by atoms with Crippen molar-refractivity contribution in [1.29, 1.82) is 0 Å². The summed E-state index contributed by atoms with van der Waals surface area (Å²) in [6.45, 7) is 5.77. The van der Waals surface area contributed by atoms with Gasteiger partial charge in [0.1, 0.15) is 28.0 Å². The molecule has 0 amide bonds. The van der Waals surface area contributed by atoms with Crippen molar-refractivity contribution in [2.24, 2.45) is 5.16 Å². The molecular formula is C20H19N3O3. The van der Waals surface area contributed by atoms with Crippen molar-refractivity contribution in [3.8, 4) is 17.2 Å². The Bertz CT molecular complexity index is 1170. The van der Waals surface area contributed by atoms with Gasteiger partial charge in [-0.05, 0) is 51.1 Å². The van der Waals surface area contributed by atoms with Crippen molar-refractivity contribution < 1.29 is 14.4 Å². The molecule has 0 aliphatic carbocycles. The molecule has 0 aliphatic heterocycles. The zero-order valence-electron chi connectivity index (χ0n) is 14.8. The maximum Gasteiger partial charge on any atom is 0.156 e. The van der Waals surface area contributed by atoms with Crippen LogP contribution in [0.25, 0.3) is 27.9 Å². The van der Waals surface area contributed by atoms with Gasteiger partial charge in [0.25, 0.3) is 0 Å². The monoisotopic (exact) mass is 349 g/mol. The zero-order chi connectivity index (χ0) is 18.3. The minimum absolute atomic E-state index is 0.138. The van der Waals surface area contributed by atoms with Crippen molar-refractivity contribution in [2.45, 2.75) is 26.4 Å². The fraction of sp³-hybridized carbons (Fsp3) is 0.200. The lowest BCUT2D eigenvalue weighted by atomic mass is 10.2. The van der Waals surface area contributed by atoms with Gasteiger partial charge in [-0.15, -0.1) is 0 Å². The molecule has 0 radical (unpaired) electrons. The van der Waals surface area contributed by atoms with Gasteiger partial charge in [-0.1, -0.05) is 5.16 Å². The smallest absolute Gasteiger partial charge is 0.156 e. The Kier molecular flexibility index (Phi) is 3.68. The van der Waals surface area contributed by atoms with Gasteiger partial charge in [0.05, 0.1) is 17.1 Å². The molecule has 0 unspecified atom stereocenters. The molecule has 6 nitrogen and oxygen atoms in total. The van der Waals surface area contributed by atoms with Crippen molar-refractivity contribution in [3.05, 3.63) is 60.3 Å². The maximum absolute atomic E-state index is 9.82. The topological polar surface area (TPSA) is 72.3 Å². The standard InChI is InChI=1S/C20H19N3O3/c1-20(2,3)26-22-16-10-19(25-18-7-6-14(24)9-15(16)18)17-12-23-8-4-5-13(23)11-21-17/h4-12,24H,1-3H3. The summed E-state index contributed by atoms with van der Waals surface area (Å²) in [5.74, 6) is 0.703. The summed E-state index contributed by atoms with van der Waals surface area (Å²) in [6.07, 6.45) is 5.64. The van der Waals surface area contributed by atoms with E-state index < -0.39 is 5.60 Å². The Morgan fingerprint density at radius 3 is 2.85 bits per heavy atom. The predicted octanol–water partition coefficient (Wildman–Crippen LogP) is 4.08. The average molecular weight is 349 g/mol. The van der Waals surface area contributed by atoms with Crippen molar-refractivity contribution >= 4 is 16.5 Å².